The molecule has 1 aliphatic heterocycles. The van der Waals surface area contributed by atoms with Crippen LogP contribution in [0.4, 0.5) is 0 Å². The second-order valence-electron chi connectivity index (χ2n) is 5.03. The van der Waals surface area contributed by atoms with Crippen molar-refractivity contribution in [2.24, 2.45) is 0 Å². The van der Waals surface area contributed by atoms with Gasteiger partial charge in [0, 0.05) is 19.1 Å². The first-order valence-corrected chi connectivity index (χ1v) is 7.10. The molecule has 0 radical (unpaired) electrons. The highest BCUT2D eigenvalue weighted by Gasteiger charge is 2.22. The Hall–Kier alpha value is -1.49. The molecular weight excluding hydrogens is 240 g/mol. The molecule has 1 aliphatic rings. The van der Waals surface area contributed by atoms with Gasteiger partial charge in [0.1, 0.15) is 0 Å². The van der Waals surface area contributed by atoms with Crippen molar-refractivity contribution in [2.75, 3.05) is 19.6 Å². The summed E-state index contributed by atoms with van der Waals surface area (Å²) in [6.45, 7) is 4.82. The highest BCUT2D eigenvalue weighted by molar-refractivity contribution is 5.93. The fraction of sp³-hybridized carbons (Fsp3) is 0.643. The van der Waals surface area contributed by atoms with Gasteiger partial charge in [0.05, 0.1) is 18.0 Å². The van der Waals surface area contributed by atoms with E-state index >= 15 is 0 Å². The van der Waals surface area contributed by atoms with Crippen molar-refractivity contribution in [2.45, 2.75) is 38.6 Å². The molecule has 5 nitrogen and oxygen atoms in total. The van der Waals surface area contributed by atoms with Gasteiger partial charge >= 0.3 is 0 Å². The Kier molecular flexibility index (Phi) is 5.27. The summed E-state index contributed by atoms with van der Waals surface area (Å²) in [4.78, 5) is 14.4. The molecule has 1 N–H and O–H groups in total. The van der Waals surface area contributed by atoms with Crippen LogP contribution in [0.1, 0.15) is 43.0 Å². The van der Waals surface area contributed by atoms with Gasteiger partial charge in [-0.25, -0.2) is 0 Å². The van der Waals surface area contributed by atoms with Crippen molar-refractivity contribution < 1.29 is 4.79 Å². The second kappa shape index (κ2) is 7.19. The van der Waals surface area contributed by atoms with E-state index in [1.165, 1.54) is 6.42 Å². The molecule has 2 heterocycles. The molecule has 1 saturated heterocycles. The lowest BCUT2D eigenvalue weighted by atomic mass is 10.1. The van der Waals surface area contributed by atoms with Crippen LogP contribution < -0.4 is 5.32 Å². The summed E-state index contributed by atoms with van der Waals surface area (Å²) in [7, 11) is 0. The smallest absolute Gasteiger partial charge is 0.255 e. The van der Waals surface area contributed by atoms with Gasteiger partial charge in [-0.15, -0.1) is 0 Å². The molecule has 19 heavy (non-hydrogen) atoms. The van der Waals surface area contributed by atoms with Crippen molar-refractivity contribution in [1.82, 2.24) is 20.4 Å². The molecule has 1 fully saturated rings. The number of rotatable bonds is 6. The zero-order valence-corrected chi connectivity index (χ0v) is 11.5. The average Bonchev–Trinajstić information content (AvgIpc) is 2.96. The normalized spacial score (nSPS) is 18.5. The van der Waals surface area contributed by atoms with E-state index in [0.717, 1.165) is 38.9 Å². The predicted molar refractivity (Wildman–Crippen MR) is 73.9 cm³/mol. The molecule has 0 spiro atoms. The van der Waals surface area contributed by atoms with Crippen molar-refractivity contribution in [3.8, 4) is 0 Å². The van der Waals surface area contributed by atoms with Gasteiger partial charge in [-0.1, -0.05) is 13.3 Å². The first-order valence-electron chi connectivity index (χ1n) is 7.10. The van der Waals surface area contributed by atoms with Crippen LogP contribution in [0.15, 0.2) is 18.5 Å². The summed E-state index contributed by atoms with van der Waals surface area (Å²) in [6.07, 6.45) is 7.61. The van der Waals surface area contributed by atoms with Gasteiger partial charge in [-0.3, -0.25) is 4.79 Å². The van der Waals surface area contributed by atoms with Crippen LogP contribution >= 0.6 is 0 Å². The van der Waals surface area contributed by atoms with E-state index in [1.54, 1.807) is 18.5 Å². The third-order valence-corrected chi connectivity index (χ3v) is 3.50. The van der Waals surface area contributed by atoms with Gasteiger partial charge < -0.3 is 10.2 Å². The predicted octanol–water partition coefficient (Wildman–Crippen LogP) is 1.47. The van der Waals surface area contributed by atoms with Crippen LogP contribution in [0.3, 0.4) is 0 Å². The SMILES string of the molecule is CCCCN(CC1CCCN1)C(=O)c1ccnnc1. The molecule has 0 bridgehead atoms. The first kappa shape index (κ1) is 13.9. The topological polar surface area (TPSA) is 58.1 Å². The number of hydrogen-bond donors (Lipinski definition) is 1. The molecule has 1 atom stereocenters. The number of carbonyl (C=O) groups is 1. The van der Waals surface area contributed by atoms with Gasteiger partial charge in [-0.05, 0) is 31.9 Å². The minimum Gasteiger partial charge on any atom is -0.337 e. The zero-order valence-electron chi connectivity index (χ0n) is 11.5. The van der Waals surface area contributed by atoms with Gasteiger partial charge in [0.25, 0.3) is 5.91 Å². The number of hydrogen-bond acceptors (Lipinski definition) is 4. The quantitative estimate of drug-likeness (QED) is 0.843. The van der Waals surface area contributed by atoms with E-state index in [2.05, 4.69) is 22.4 Å². The van der Waals surface area contributed by atoms with E-state index in [9.17, 15) is 4.79 Å². The lowest BCUT2D eigenvalue weighted by Crippen LogP contribution is -2.41. The number of carbonyl (C=O) groups excluding carboxylic acids is 1. The molecule has 104 valence electrons. The maximum atomic E-state index is 12.5. The fourth-order valence-corrected chi connectivity index (χ4v) is 2.40. The Morgan fingerprint density at radius 3 is 3.05 bits per heavy atom. The van der Waals surface area contributed by atoms with E-state index in [-0.39, 0.29) is 5.91 Å². The van der Waals surface area contributed by atoms with Crippen LogP contribution in [-0.2, 0) is 0 Å². The summed E-state index contributed by atoms with van der Waals surface area (Å²) in [5.41, 5.74) is 0.629. The fourth-order valence-electron chi connectivity index (χ4n) is 2.40. The van der Waals surface area contributed by atoms with E-state index in [1.807, 2.05) is 4.90 Å². The molecule has 0 aliphatic carbocycles. The highest BCUT2D eigenvalue weighted by Crippen LogP contribution is 2.11. The summed E-state index contributed by atoms with van der Waals surface area (Å²) in [5.74, 6) is 0.0667. The Labute approximate surface area is 114 Å². The summed E-state index contributed by atoms with van der Waals surface area (Å²) in [6, 6.07) is 2.17. The van der Waals surface area contributed by atoms with Gasteiger partial charge in [-0.2, -0.15) is 10.2 Å². The van der Waals surface area contributed by atoms with Crippen LogP contribution in [0, 0.1) is 0 Å². The van der Waals surface area contributed by atoms with Crippen molar-refractivity contribution in [1.29, 1.82) is 0 Å². The maximum Gasteiger partial charge on any atom is 0.255 e. The molecule has 0 aromatic carbocycles. The minimum absolute atomic E-state index is 0.0667. The molecule has 2 rings (SSSR count). The maximum absolute atomic E-state index is 12.5. The number of nitrogens with one attached hydrogen (secondary N) is 1. The van der Waals surface area contributed by atoms with Crippen LogP contribution in [0.5, 0.6) is 0 Å². The summed E-state index contributed by atoms with van der Waals surface area (Å²) < 4.78 is 0. The van der Waals surface area contributed by atoms with Crippen molar-refractivity contribution >= 4 is 5.91 Å². The third-order valence-electron chi connectivity index (χ3n) is 3.50. The largest absolute Gasteiger partial charge is 0.337 e. The molecule has 5 heteroatoms. The summed E-state index contributed by atoms with van der Waals surface area (Å²) >= 11 is 0. The van der Waals surface area contributed by atoms with E-state index in [0.29, 0.717) is 11.6 Å². The standard InChI is InChI=1S/C14H22N4O/c1-2-3-9-18(11-13-5-4-7-15-13)14(19)12-6-8-16-17-10-12/h6,8,10,13,15H,2-5,7,9,11H2,1H3. The Morgan fingerprint density at radius 2 is 2.42 bits per heavy atom. The number of nitrogens with zero attached hydrogens (tertiary/aromatic N) is 3. The number of amides is 1. The van der Waals surface area contributed by atoms with E-state index < -0.39 is 0 Å². The number of unbranched alkanes of at least 4 members (excludes halogenated alkanes) is 1. The Balaban J connectivity index is 2.01. The average molecular weight is 262 g/mol. The molecule has 0 saturated carbocycles. The van der Waals surface area contributed by atoms with E-state index in [4.69, 9.17) is 0 Å². The number of aromatic nitrogens is 2. The van der Waals surface area contributed by atoms with Crippen LogP contribution in [0.2, 0.25) is 0 Å². The third kappa shape index (κ3) is 3.99. The van der Waals surface area contributed by atoms with Crippen molar-refractivity contribution in [3.05, 3.63) is 24.0 Å². The minimum atomic E-state index is 0.0667. The highest BCUT2D eigenvalue weighted by atomic mass is 16.2. The lowest BCUT2D eigenvalue weighted by molar-refractivity contribution is 0.0739. The Bertz CT molecular complexity index is 390. The molecular formula is C14H22N4O. The molecule has 1 aromatic rings. The lowest BCUT2D eigenvalue weighted by Gasteiger charge is -2.25. The molecule has 1 unspecified atom stereocenters. The molecule has 1 amide bonds. The second-order valence-corrected chi connectivity index (χ2v) is 5.03. The van der Waals surface area contributed by atoms with Crippen LogP contribution in [0.25, 0.3) is 0 Å². The van der Waals surface area contributed by atoms with Crippen LogP contribution in [-0.4, -0.2) is 46.7 Å². The van der Waals surface area contributed by atoms with Gasteiger partial charge in [0.15, 0.2) is 0 Å². The van der Waals surface area contributed by atoms with Crippen molar-refractivity contribution in [3.63, 3.8) is 0 Å². The summed E-state index contributed by atoms with van der Waals surface area (Å²) in [5, 5.41) is 11.0. The monoisotopic (exact) mass is 262 g/mol. The first-order chi connectivity index (χ1) is 9.31. The Morgan fingerprint density at radius 1 is 1.53 bits per heavy atom. The van der Waals surface area contributed by atoms with Gasteiger partial charge in [0.2, 0.25) is 0 Å². The zero-order chi connectivity index (χ0) is 13.5. The molecule has 1 aromatic heterocycles.